The zero-order valence-corrected chi connectivity index (χ0v) is 16.2. The largest absolute Gasteiger partial charge is 0.487 e. The van der Waals surface area contributed by atoms with Crippen molar-refractivity contribution in [1.29, 1.82) is 0 Å². The Kier molecular flexibility index (Phi) is 5.83. The van der Waals surface area contributed by atoms with E-state index in [2.05, 4.69) is 31.0 Å². The molecule has 10 heteroatoms. The number of nitrogens with one attached hydrogen (secondary N) is 1. The smallest absolute Gasteiger partial charge is 0.420 e. The number of hydrogen-bond donors (Lipinski definition) is 2. The van der Waals surface area contributed by atoms with Crippen LogP contribution in [0.1, 0.15) is 16.8 Å². The number of halogens is 4. The van der Waals surface area contributed by atoms with Crippen LogP contribution in [0.4, 0.5) is 20.3 Å². The Morgan fingerprint density at radius 1 is 1.41 bits per heavy atom. The maximum atomic E-state index is 12.6. The number of aliphatic hydroxyl groups is 1. The molecule has 1 atom stereocenters. The van der Waals surface area contributed by atoms with E-state index in [9.17, 15) is 18.7 Å². The third-order valence-corrected chi connectivity index (χ3v) is 4.55. The summed E-state index contributed by atoms with van der Waals surface area (Å²) in [7, 11) is 0. The highest BCUT2D eigenvalue weighted by Crippen LogP contribution is 2.28. The standard InChI is InChI=1S/C17H15BrClF2N3O3/c18-14-7-10(8-22-15(14)24-6-5-12(25)9-24)16(26)23-11-1-3-13(4-2-11)27-17(19,20)21/h1-4,7-8,12,25H,5-6,9H2,(H,23,26). The number of carbonyl (C=O) groups excluding carboxylic acids is 1. The summed E-state index contributed by atoms with van der Waals surface area (Å²) >= 11 is 8.10. The summed E-state index contributed by atoms with van der Waals surface area (Å²) in [5.41, 5.74) is -3.08. The molecule has 3 rings (SSSR count). The lowest BCUT2D eigenvalue weighted by atomic mass is 10.2. The highest BCUT2D eigenvalue weighted by Gasteiger charge is 2.27. The van der Waals surface area contributed by atoms with E-state index in [0.717, 1.165) is 0 Å². The molecule has 0 aliphatic carbocycles. The summed E-state index contributed by atoms with van der Waals surface area (Å²) in [6.45, 7) is 1.18. The molecular weight excluding hydrogens is 448 g/mol. The second-order valence-corrected chi connectivity index (χ2v) is 7.24. The Morgan fingerprint density at radius 2 is 2.11 bits per heavy atom. The number of benzene rings is 1. The number of aromatic nitrogens is 1. The SMILES string of the molecule is O=C(Nc1ccc(OC(F)(F)Cl)cc1)c1cnc(N2CCC(O)C2)c(Br)c1. The van der Waals surface area contributed by atoms with Gasteiger partial charge in [0.15, 0.2) is 0 Å². The molecule has 1 aliphatic heterocycles. The van der Waals surface area contributed by atoms with Crippen LogP contribution in [0.15, 0.2) is 41.0 Å². The van der Waals surface area contributed by atoms with E-state index in [4.69, 9.17) is 11.6 Å². The van der Waals surface area contributed by atoms with Gasteiger partial charge in [0.05, 0.1) is 16.1 Å². The summed E-state index contributed by atoms with van der Waals surface area (Å²) in [6, 6.07) is 6.99. The minimum atomic E-state index is -3.80. The number of aliphatic hydroxyl groups excluding tert-OH is 1. The molecule has 0 saturated carbocycles. The van der Waals surface area contributed by atoms with Gasteiger partial charge in [-0.15, -0.1) is 8.78 Å². The van der Waals surface area contributed by atoms with E-state index in [1.807, 2.05) is 4.90 Å². The molecule has 1 aromatic heterocycles. The number of anilines is 2. The van der Waals surface area contributed by atoms with E-state index in [1.165, 1.54) is 30.5 Å². The highest BCUT2D eigenvalue weighted by molar-refractivity contribution is 9.10. The van der Waals surface area contributed by atoms with Gasteiger partial charge in [-0.05, 0) is 52.7 Å². The highest BCUT2D eigenvalue weighted by atomic mass is 79.9. The van der Waals surface area contributed by atoms with Gasteiger partial charge >= 0.3 is 5.57 Å². The lowest BCUT2D eigenvalue weighted by Gasteiger charge is -2.18. The monoisotopic (exact) mass is 461 g/mol. The first-order valence-corrected chi connectivity index (χ1v) is 9.14. The van der Waals surface area contributed by atoms with Crippen LogP contribution in [0.5, 0.6) is 5.75 Å². The number of hydrogen-bond acceptors (Lipinski definition) is 5. The maximum Gasteiger partial charge on any atom is 0.487 e. The molecule has 0 spiro atoms. The number of β-amino-alcohol motifs (C(OH)–C–C–N with tert-alkyl or cyclic N) is 1. The summed E-state index contributed by atoms with van der Waals surface area (Å²) in [5.74, 6) is 0.119. The average molecular weight is 463 g/mol. The van der Waals surface area contributed by atoms with Crippen LogP contribution in [0, 0.1) is 0 Å². The molecule has 27 heavy (non-hydrogen) atoms. The van der Waals surface area contributed by atoms with Gasteiger partial charge in [0.1, 0.15) is 11.6 Å². The van der Waals surface area contributed by atoms with Gasteiger partial charge in [-0.2, -0.15) is 0 Å². The maximum absolute atomic E-state index is 12.6. The van der Waals surface area contributed by atoms with Crippen molar-refractivity contribution in [3.63, 3.8) is 0 Å². The summed E-state index contributed by atoms with van der Waals surface area (Å²) in [5, 5.41) is 12.3. The molecule has 2 aromatic rings. The van der Waals surface area contributed by atoms with Crippen LogP contribution in [0.25, 0.3) is 0 Å². The van der Waals surface area contributed by atoms with Gasteiger partial charge in [-0.3, -0.25) is 4.79 Å². The van der Waals surface area contributed by atoms with Crippen LogP contribution in [-0.2, 0) is 0 Å². The Balaban J connectivity index is 1.66. The molecule has 0 radical (unpaired) electrons. The third kappa shape index (κ3) is 5.27. The fourth-order valence-corrected chi connectivity index (χ4v) is 3.35. The minimum Gasteiger partial charge on any atom is -0.420 e. The summed E-state index contributed by atoms with van der Waals surface area (Å²) in [6.07, 6.45) is 1.73. The number of alkyl halides is 3. The van der Waals surface area contributed by atoms with Crippen molar-refractivity contribution in [2.24, 2.45) is 0 Å². The zero-order valence-electron chi connectivity index (χ0n) is 13.8. The molecule has 1 aliphatic rings. The lowest BCUT2D eigenvalue weighted by molar-refractivity contribution is -0.0964. The van der Waals surface area contributed by atoms with E-state index in [1.54, 1.807) is 6.07 Å². The number of rotatable bonds is 5. The lowest BCUT2D eigenvalue weighted by Crippen LogP contribution is -2.23. The van der Waals surface area contributed by atoms with Crippen LogP contribution in [-0.4, -0.2) is 40.8 Å². The first kappa shape index (κ1) is 19.8. The van der Waals surface area contributed by atoms with Crippen molar-refractivity contribution >= 4 is 44.9 Å². The van der Waals surface area contributed by atoms with E-state index >= 15 is 0 Å². The van der Waals surface area contributed by atoms with Gasteiger partial charge < -0.3 is 20.1 Å². The molecule has 1 saturated heterocycles. The average Bonchev–Trinajstić information content (AvgIpc) is 3.01. The summed E-state index contributed by atoms with van der Waals surface area (Å²) in [4.78, 5) is 18.6. The number of carbonyl (C=O) groups is 1. The first-order valence-electron chi connectivity index (χ1n) is 7.97. The Hall–Kier alpha value is -1.97. The predicted octanol–water partition coefficient (Wildman–Crippen LogP) is 3.84. The Labute approximate surface area is 167 Å². The Morgan fingerprint density at radius 3 is 2.67 bits per heavy atom. The number of amides is 1. The number of nitrogens with zero attached hydrogens (tertiary/aromatic N) is 2. The van der Waals surface area contributed by atoms with Crippen LogP contribution < -0.4 is 15.0 Å². The van der Waals surface area contributed by atoms with Crippen molar-refractivity contribution in [2.45, 2.75) is 18.1 Å². The minimum absolute atomic E-state index is 0.130. The van der Waals surface area contributed by atoms with Gasteiger partial charge in [-0.25, -0.2) is 4.98 Å². The molecule has 6 nitrogen and oxygen atoms in total. The second-order valence-electron chi connectivity index (χ2n) is 5.94. The van der Waals surface area contributed by atoms with E-state index in [0.29, 0.717) is 41.1 Å². The molecule has 1 amide bonds. The van der Waals surface area contributed by atoms with Gasteiger partial charge in [0.25, 0.3) is 5.91 Å². The fourth-order valence-electron chi connectivity index (χ4n) is 2.66. The molecule has 1 unspecified atom stereocenters. The quantitative estimate of drug-likeness (QED) is 0.661. The van der Waals surface area contributed by atoms with Crippen molar-refractivity contribution in [2.75, 3.05) is 23.3 Å². The third-order valence-electron chi connectivity index (χ3n) is 3.89. The Bertz CT molecular complexity index is 833. The molecule has 144 valence electrons. The molecular formula is C17H15BrClF2N3O3. The molecule has 2 heterocycles. The van der Waals surface area contributed by atoms with E-state index in [-0.39, 0.29) is 11.9 Å². The van der Waals surface area contributed by atoms with Crippen LogP contribution in [0.3, 0.4) is 0 Å². The van der Waals surface area contributed by atoms with Crippen molar-refractivity contribution in [3.8, 4) is 5.75 Å². The molecule has 1 aromatic carbocycles. The summed E-state index contributed by atoms with van der Waals surface area (Å²) < 4.78 is 30.0. The van der Waals surface area contributed by atoms with Gasteiger partial charge in [-0.1, -0.05) is 0 Å². The number of ether oxygens (including phenoxy) is 1. The number of pyridine rings is 1. The second kappa shape index (κ2) is 7.95. The van der Waals surface area contributed by atoms with Gasteiger partial charge in [0, 0.05) is 36.6 Å². The normalized spacial score (nSPS) is 17.1. The van der Waals surface area contributed by atoms with Crippen molar-refractivity contribution < 1.29 is 23.4 Å². The van der Waals surface area contributed by atoms with Crippen LogP contribution in [0.2, 0.25) is 0 Å². The molecule has 2 N–H and O–H groups in total. The fraction of sp³-hybridized carbons (Fsp3) is 0.294. The molecule has 0 bridgehead atoms. The van der Waals surface area contributed by atoms with Crippen LogP contribution >= 0.6 is 27.5 Å². The topological polar surface area (TPSA) is 74.7 Å². The molecule has 1 fully saturated rings. The van der Waals surface area contributed by atoms with E-state index < -0.39 is 11.5 Å². The van der Waals surface area contributed by atoms with Crippen molar-refractivity contribution in [1.82, 2.24) is 4.98 Å². The van der Waals surface area contributed by atoms with Gasteiger partial charge in [0.2, 0.25) is 0 Å². The first-order chi connectivity index (χ1) is 12.7. The predicted molar refractivity (Wildman–Crippen MR) is 101 cm³/mol. The zero-order chi connectivity index (χ0) is 19.6. The van der Waals surface area contributed by atoms with Crippen molar-refractivity contribution in [3.05, 3.63) is 46.6 Å².